The van der Waals surface area contributed by atoms with Crippen molar-refractivity contribution < 1.29 is 9.53 Å². The molecule has 0 saturated carbocycles. The summed E-state index contributed by atoms with van der Waals surface area (Å²) in [7, 11) is 1.61. The fourth-order valence-corrected chi connectivity index (χ4v) is 4.08. The maximum Gasteiger partial charge on any atom is 0.272 e. The van der Waals surface area contributed by atoms with Crippen molar-refractivity contribution in [3.8, 4) is 16.5 Å². The Balaban J connectivity index is 1.73. The lowest BCUT2D eigenvalue weighted by atomic mass is 10.2. The number of carbonyl (C=O) groups excluding carboxylic acids is 1. The van der Waals surface area contributed by atoms with Crippen LogP contribution in [0.1, 0.15) is 10.4 Å². The summed E-state index contributed by atoms with van der Waals surface area (Å²) in [6.07, 6.45) is 0. The molecular weight excluding hydrogens is 344 g/mol. The second-order valence-corrected chi connectivity index (χ2v) is 7.11. The molecule has 0 unspecified atom stereocenters. The van der Waals surface area contributed by atoms with E-state index in [2.05, 4.69) is 10.2 Å². The fourth-order valence-electron chi connectivity index (χ4n) is 2.53. The van der Waals surface area contributed by atoms with Crippen molar-refractivity contribution in [1.82, 2.24) is 14.9 Å². The summed E-state index contributed by atoms with van der Waals surface area (Å²) < 4.78 is 6.98. The number of thiophene rings is 1. The first-order valence-electron chi connectivity index (χ1n) is 7.36. The van der Waals surface area contributed by atoms with Crippen molar-refractivity contribution in [3.63, 3.8) is 0 Å². The Morgan fingerprint density at radius 1 is 1.21 bits per heavy atom. The van der Waals surface area contributed by atoms with Crippen LogP contribution in [-0.2, 0) is 0 Å². The maximum absolute atomic E-state index is 13.0. The maximum atomic E-state index is 13.0. The summed E-state index contributed by atoms with van der Waals surface area (Å²) in [6, 6.07) is 11.1. The smallest absolute Gasteiger partial charge is 0.272 e. The summed E-state index contributed by atoms with van der Waals surface area (Å²) in [4.78, 5) is 14.0. The van der Waals surface area contributed by atoms with Gasteiger partial charge in [-0.25, -0.2) is 9.69 Å². The van der Waals surface area contributed by atoms with Gasteiger partial charge in [0.25, 0.3) is 5.91 Å². The molecule has 3 aromatic rings. The number of nitrogens with zero attached hydrogens (tertiary/aromatic N) is 4. The number of aromatic nitrogens is 3. The van der Waals surface area contributed by atoms with Crippen LogP contribution >= 0.6 is 23.1 Å². The van der Waals surface area contributed by atoms with Gasteiger partial charge < -0.3 is 4.74 Å². The van der Waals surface area contributed by atoms with Gasteiger partial charge in [-0.1, -0.05) is 17.8 Å². The summed E-state index contributed by atoms with van der Waals surface area (Å²) in [5, 5.41) is 13.0. The Labute approximate surface area is 147 Å². The van der Waals surface area contributed by atoms with Crippen LogP contribution in [0.25, 0.3) is 10.7 Å². The third kappa shape index (κ3) is 2.57. The van der Waals surface area contributed by atoms with Gasteiger partial charge in [-0.05, 0) is 35.7 Å². The quantitative estimate of drug-likeness (QED) is 0.720. The minimum absolute atomic E-state index is 0.0724. The number of rotatable bonds is 3. The first-order chi connectivity index (χ1) is 11.8. The lowest BCUT2D eigenvalue weighted by molar-refractivity contribution is 0.0956. The predicted octanol–water partition coefficient (Wildman–Crippen LogP) is 2.90. The van der Waals surface area contributed by atoms with Crippen LogP contribution in [0.4, 0.5) is 0 Å². The lowest BCUT2D eigenvalue weighted by Gasteiger charge is -2.29. The number of fused-ring (bicyclic) bond motifs is 1. The standard InChI is InChI=1S/C16H14N4O2S2/c1-22-12-6-4-11(5-7-12)15(21)19-8-10-24-16-18-17-14(20(16)19)13-3-2-9-23-13/h2-7,9H,8,10H2,1H3. The van der Waals surface area contributed by atoms with Crippen molar-refractivity contribution in [2.45, 2.75) is 5.16 Å². The van der Waals surface area contributed by atoms with Gasteiger partial charge in [0.2, 0.25) is 5.16 Å². The monoisotopic (exact) mass is 358 g/mol. The number of ether oxygens (including phenoxy) is 1. The second-order valence-electron chi connectivity index (χ2n) is 5.10. The topological polar surface area (TPSA) is 60.2 Å². The fraction of sp³-hybridized carbons (Fsp3) is 0.188. The molecule has 8 heteroatoms. The molecule has 0 radical (unpaired) electrons. The molecule has 1 aliphatic rings. The zero-order valence-corrected chi connectivity index (χ0v) is 14.5. The van der Waals surface area contributed by atoms with Crippen molar-refractivity contribution in [2.24, 2.45) is 0 Å². The summed E-state index contributed by atoms with van der Waals surface area (Å²) in [5.74, 6) is 2.15. The highest BCUT2D eigenvalue weighted by atomic mass is 32.2. The van der Waals surface area contributed by atoms with Crippen molar-refractivity contribution in [3.05, 3.63) is 47.3 Å². The molecule has 1 aromatic carbocycles. The average Bonchev–Trinajstić information content (AvgIpc) is 3.30. The molecule has 6 nitrogen and oxygen atoms in total. The molecule has 0 N–H and O–H groups in total. The lowest BCUT2D eigenvalue weighted by Crippen LogP contribution is -2.45. The molecule has 2 aromatic heterocycles. The Morgan fingerprint density at radius 2 is 2.04 bits per heavy atom. The number of amides is 1. The Hall–Kier alpha value is -2.32. The minimum atomic E-state index is -0.0724. The van der Waals surface area contributed by atoms with Gasteiger partial charge in [-0.15, -0.1) is 21.5 Å². The van der Waals surface area contributed by atoms with Crippen molar-refractivity contribution >= 4 is 29.0 Å². The van der Waals surface area contributed by atoms with E-state index < -0.39 is 0 Å². The van der Waals surface area contributed by atoms with Gasteiger partial charge in [0.15, 0.2) is 5.82 Å². The van der Waals surface area contributed by atoms with Crippen LogP contribution in [0.3, 0.4) is 0 Å². The number of thioether (sulfide) groups is 1. The molecule has 24 heavy (non-hydrogen) atoms. The first-order valence-corrected chi connectivity index (χ1v) is 9.23. The highest BCUT2D eigenvalue weighted by Gasteiger charge is 2.29. The molecule has 122 valence electrons. The van der Waals surface area contributed by atoms with E-state index in [1.807, 2.05) is 22.2 Å². The van der Waals surface area contributed by atoms with Crippen LogP contribution in [-0.4, -0.2) is 40.2 Å². The number of hydrogen-bond acceptors (Lipinski definition) is 6. The predicted molar refractivity (Wildman–Crippen MR) is 94.5 cm³/mol. The molecule has 1 amide bonds. The average molecular weight is 358 g/mol. The third-order valence-electron chi connectivity index (χ3n) is 3.70. The highest BCUT2D eigenvalue weighted by Crippen LogP contribution is 2.30. The molecule has 3 heterocycles. The van der Waals surface area contributed by atoms with E-state index in [-0.39, 0.29) is 5.91 Å². The van der Waals surface area contributed by atoms with Crippen LogP contribution < -0.4 is 9.75 Å². The van der Waals surface area contributed by atoms with Crippen molar-refractivity contribution in [1.29, 1.82) is 0 Å². The van der Waals surface area contributed by atoms with Gasteiger partial charge in [-0.3, -0.25) is 4.79 Å². The highest BCUT2D eigenvalue weighted by molar-refractivity contribution is 7.99. The molecule has 1 aliphatic heterocycles. The number of benzene rings is 1. The van der Waals surface area contributed by atoms with E-state index in [0.29, 0.717) is 17.9 Å². The third-order valence-corrected chi connectivity index (χ3v) is 5.47. The Kier molecular flexibility index (Phi) is 3.99. The van der Waals surface area contributed by atoms with Crippen LogP contribution in [0.15, 0.2) is 46.9 Å². The summed E-state index contributed by atoms with van der Waals surface area (Å²) >= 11 is 3.19. The first kappa shape index (κ1) is 15.2. The zero-order valence-electron chi connectivity index (χ0n) is 12.9. The van der Waals surface area contributed by atoms with Gasteiger partial charge in [0.1, 0.15) is 5.75 Å². The minimum Gasteiger partial charge on any atom is -0.497 e. The largest absolute Gasteiger partial charge is 0.497 e. The van der Waals surface area contributed by atoms with E-state index in [9.17, 15) is 4.79 Å². The van der Waals surface area contributed by atoms with Gasteiger partial charge in [0, 0.05) is 11.3 Å². The molecular formula is C16H14N4O2S2. The van der Waals surface area contributed by atoms with E-state index >= 15 is 0 Å². The SMILES string of the molecule is COc1ccc(C(=O)N2CCSc3nnc(-c4cccs4)n32)cc1. The van der Waals surface area contributed by atoms with E-state index in [4.69, 9.17) is 4.74 Å². The molecule has 0 atom stereocenters. The van der Waals surface area contributed by atoms with Gasteiger partial charge >= 0.3 is 0 Å². The molecule has 4 rings (SSSR count). The Bertz CT molecular complexity index is 859. The second kappa shape index (κ2) is 6.29. The zero-order chi connectivity index (χ0) is 16.5. The summed E-state index contributed by atoms with van der Waals surface area (Å²) in [5.41, 5.74) is 0.611. The Morgan fingerprint density at radius 3 is 2.75 bits per heavy atom. The molecule has 0 aliphatic carbocycles. The van der Waals surface area contributed by atoms with Crippen LogP contribution in [0.5, 0.6) is 5.75 Å². The van der Waals surface area contributed by atoms with Crippen LogP contribution in [0, 0.1) is 0 Å². The van der Waals surface area contributed by atoms with Crippen LogP contribution in [0.2, 0.25) is 0 Å². The number of carbonyl (C=O) groups is 1. The van der Waals surface area contributed by atoms with Gasteiger partial charge in [0.05, 0.1) is 18.5 Å². The number of methoxy groups -OCH3 is 1. The molecule has 0 fully saturated rings. The molecule has 0 saturated heterocycles. The molecule has 0 spiro atoms. The van der Waals surface area contributed by atoms with Gasteiger partial charge in [-0.2, -0.15) is 0 Å². The van der Waals surface area contributed by atoms with E-state index in [1.165, 1.54) is 0 Å². The number of hydrogen-bond donors (Lipinski definition) is 0. The van der Waals surface area contributed by atoms with E-state index in [0.717, 1.165) is 21.5 Å². The van der Waals surface area contributed by atoms with E-state index in [1.54, 1.807) is 59.5 Å². The summed E-state index contributed by atoms with van der Waals surface area (Å²) in [6.45, 7) is 0.610. The van der Waals surface area contributed by atoms with Crippen molar-refractivity contribution in [2.75, 3.05) is 24.4 Å². The normalized spacial score (nSPS) is 13.6. The molecule has 0 bridgehead atoms.